The van der Waals surface area contributed by atoms with Gasteiger partial charge in [0.25, 0.3) is 0 Å². The summed E-state index contributed by atoms with van der Waals surface area (Å²) in [6.45, 7) is 1.08. The summed E-state index contributed by atoms with van der Waals surface area (Å²) < 4.78 is 0. The number of nitrogens with one attached hydrogen (secondary N) is 2. The molecule has 0 spiro atoms. The smallest absolute Gasteiger partial charge is 0.314 e. The molecule has 0 heterocycles. The van der Waals surface area contributed by atoms with Crippen LogP contribution < -0.4 is 10.6 Å². The molecule has 2 atom stereocenters. The maximum atomic E-state index is 11.8. The van der Waals surface area contributed by atoms with Crippen LogP contribution in [-0.4, -0.2) is 29.8 Å². The Labute approximate surface area is 125 Å². The van der Waals surface area contributed by atoms with Crippen molar-refractivity contribution < 1.29 is 9.90 Å². The third-order valence-corrected chi connectivity index (χ3v) is 4.79. The first-order valence-electron chi connectivity index (χ1n) is 7.95. The summed E-state index contributed by atoms with van der Waals surface area (Å²) in [4.78, 5) is 11.8. The van der Waals surface area contributed by atoms with Crippen LogP contribution >= 0.6 is 0 Å². The van der Waals surface area contributed by atoms with E-state index >= 15 is 0 Å². The van der Waals surface area contributed by atoms with Gasteiger partial charge in [0, 0.05) is 13.1 Å². The predicted octanol–water partition coefficient (Wildman–Crippen LogP) is 2.39. The van der Waals surface area contributed by atoms with Gasteiger partial charge < -0.3 is 15.7 Å². The molecule has 0 radical (unpaired) electrons. The van der Waals surface area contributed by atoms with Crippen molar-refractivity contribution in [3.8, 4) is 0 Å². The predicted molar refractivity (Wildman–Crippen MR) is 82.1 cm³/mol. The molecule has 3 rings (SSSR count). The van der Waals surface area contributed by atoms with Crippen molar-refractivity contribution in [3.05, 3.63) is 35.9 Å². The molecule has 2 aliphatic rings. The van der Waals surface area contributed by atoms with Crippen molar-refractivity contribution in [1.29, 1.82) is 0 Å². The molecule has 1 aromatic rings. The molecule has 1 aromatic carbocycles. The highest BCUT2D eigenvalue weighted by Crippen LogP contribution is 2.46. The third kappa shape index (κ3) is 3.76. The second-order valence-electron chi connectivity index (χ2n) is 6.51. The van der Waals surface area contributed by atoms with E-state index in [2.05, 4.69) is 34.9 Å². The van der Waals surface area contributed by atoms with Gasteiger partial charge in [-0.25, -0.2) is 4.79 Å². The fourth-order valence-electron chi connectivity index (χ4n) is 3.32. The van der Waals surface area contributed by atoms with Crippen LogP contribution in [0.2, 0.25) is 0 Å². The Hall–Kier alpha value is -1.55. The first-order valence-corrected chi connectivity index (χ1v) is 7.95. The highest BCUT2D eigenvalue weighted by Gasteiger charge is 2.38. The van der Waals surface area contributed by atoms with Gasteiger partial charge in [-0.2, -0.15) is 0 Å². The van der Waals surface area contributed by atoms with Crippen LogP contribution in [-0.2, 0) is 0 Å². The van der Waals surface area contributed by atoms with Gasteiger partial charge in [0.15, 0.2) is 0 Å². The second-order valence-corrected chi connectivity index (χ2v) is 6.51. The molecule has 0 saturated heterocycles. The average Bonchev–Trinajstić information content (AvgIpc) is 3.17. The molecule has 4 heteroatoms. The van der Waals surface area contributed by atoms with Gasteiger partial charge in [0.1, 0.15) is 0 Å². The van der Waals surface area contributed by atoms with E-state index in [1.807, 2.05) is 6.07 Å². The first kappa shape index (κ1) is 14.4. The van der Waals surface area contributed by atoms with Crippen LogP contribution in [0.4, 0.5) is 4.79 Å². The quantitative estimate of drug-likeness (QED) is 0.779. The molecular formula is C17H24N2O2. The summed E-state index contributed by atoms with van der Waals surface area (Å²) in [6.07, 6.45) is 4.85. The van der Waals surface area contributed by atoms with Crippen LogP contribution in [0.15, 0.2) is 30.3 Å². The van der Waals surface area contributed by atoms with Crippen LogP contribution in [0.1, 0.15) is 43.6 Å². The van der Waals surface area contributed by atoms with E-state index in [1.54, 1.807) is 0 Å². The molecule has 2 unspecified atom stereocenters. The lowest BCUT2D eigenvalue weighted by molar-refractivity contribution is 0.0501. The molecule has 114 valence electrons. The highest BCUT2D eigenvalue weighted by atomic mass is 16.3. The van der Waals surface area contributed by atoms with Crippen molar-refractivity contribution in [2.45, 2.75) is 43.6 Å². The molecule has 3 N–H and O–H groups in total. The second kappa shape index (κ2) is 6.06. The monoisotopic (exact) mass is 288 g/mol. The summed E-state index contributed by atoms with van der Waals surface area (Å²) in [5, 5.41) is 15.9. The Morgan fingerprint density at radius 3 is 2.62 bits per heavy atom. The summed E-state index contributed by atoms with van der Waals surface area (Å²) in [6, 6.07) is 10.3. The van der Waals surface area contributed by atoms with Crippen molar-refractivity contribution in [3.63, 3.8) is 0 Å². The van der Waals surface area contributed by atoms with Crippen LogP contribution in [0.5, 0.6) is 0 Å². The number of aliphatic hydroxyl groups is 1. The van der Waals surface area contributed by atoms with Gasteiger partial charge in [-0.3, -0.25) is 0 Å². The Bertz CT molecular complexity index is 483. The summed E-state index contributed by atoms with van der Waals surface area (Å²) in [7, 11) is 0. The SMILES string of the molecule is O=C(NCC1CC1c1ccccc1)NCC1(O)CCCC1. The number of hydrogen-bond acceptors (Lipinski definition) is 2. The number of amides is 2. The molecule has 2 amide bonds. The first-order chi connectivity index (χ1) is 10.2. The van der Waals surface area contributed by atoms with Crippen molar-refractivity contribution >= 4 is 6.03 Å². The van der Waals surface area contributed by atoms with E-state index in [9.17, 15) is 9.90 Å². The minimum Gasteiger partial charge on any atom is -0.388 e. The van der Waals surface area contributed by atoms with Crippen molar-refractivity contribution in [2.24, 2.45) is 5.92 Å². The Morgan fingerprint density at radius 2 is 1.90 bits per heavy atom. The lowest BCUT2D eigenvalue weighted by atomic mass is 10.0. The maximum absolute atomic E-state index is 11.8. The minimum atomic E-state index is -0.677. The zero-order valence-corrected chi connectivity index (χ0v) is 12.3. The molecule has 0 bridgehead atoms. The average molecular weight is 288 g/mol. The fourth-order valence-corrected chi connectivity index (χ4v) is 3.32. The van der Waals surface area contributed by atoms with Gasteiger partial charge in [0.05, 0.1) is 5.60 Å². The maximum Gasteiger partial charge on any atom is 0.314 e. The topological polar surface area (TPSA) is 61.4 Å². The molecular weight excluding hydrogens is 264 g/mol. The number of carbonyl (C=O) groups is 1. The summed E-state index contributed by atoms with van der Waals surface area (Å²) in [5.74, 6) is 1.14. The normalized spacial score (nSPS) is 26.3. The number of rotatable bonds is 5. The zero-order valence-electron chi connectivity index (χ0n) is 12.3. The number of carbonyl (C=O) groups excluding carboxylic acids is 1. The molecule has 4 nitrogen and oxygen atoms in total. The Balaban J connectivity index is 1.36. The number of benzene rings is 1. The van der Waals surface area contributed by atoms with Crippen LogP contribution in [0.3, 0.4) is 0 Å². The van der Waals surface area contributed by atoms with Crippen LogP contribution in [0.25, 0.3) is 0 Å². The van der Waals surface area contributed by atoms with Gasteiger partial charge in [-0.1, -0.05) is 43.2 Å². The molecule has 2 aliphatic carbocycles. The van der Waals surface area contributed by atoms with E-state index in [-0.39, 0.29) is 6.03 Å². The van der Waals surface area contributed by atoms with Crippen molar-refractivity contribution in [1.82, 2.24) is 10.6 Å². The highest BCUT2D eigenvalue weighted by molar-refractivity contribution is 5.74. The third-order valence-electron chi connectivity index (χ3n) is 4.79. The van der Waals surface area contributed by atoms with Gasteiger partial charge in [-0.05, 0) is 36.7 Å². The molecule has 0 aromatic heterocycles. The summed E-state index contributed by atoms with van der Waals surface area (Å²) in [5.41, 5.74) is 0.689. The lowest BCUT2D eigenvalue weighted by Gasteiger charge is -2.22. The molecule has 21 heavy (non-hydrogen) atoms. The minimum absolute atomic E-state index is 0.158. The van der Waals surface area contributed by atoms with Crippen molar-refractivity contribution in [2.75, 3.05) is 13.1 Å². The molecule has 2 saturated carbocycles. The van der Waals surface area contributed by atoms with E-state index in [0.29, 0.717) is 24.9 Å². The Kier molecular flexibility index (Phi) is 4.15. The zero-order chi connectivity index (χ0) is 14.7. The number of hydrogen-bond donors (Lipinski definition) is 3. The van der Waals surface area contributed by atoms with Gasteiger partial charge in [0.2, 0.25) is 0 Å². The lowest BCUT2D eigenvalue weighted by Crippen LogP contribution is -2.45. The van der Waals surface area contributed by atoms with E-state index in [1.165, 1.54) is 5.56 Å². The molecule has 0 aliphatic heterocycles. The largest absolute Gasteiger partial charge is 0.388 e. The fraction of sp³-hybridized carbons (Fsp3) is 0.588. The van der Waals surface area contributed by atoms with Gasteiger partial charge in [-0.15, -0.1) is 0 Å². The van der Waals surface area contributed by atoms with E-state index < -0.39 is 5.60 Å². The summed E-state index contributed by atoms with van der Waals surface area (Å²) >= 11 is 0. The standard InChI is InChI=1S/C17H24N2O2/c20-16(19-12-17(21)8-4-5-9-17)18-11-14-10-15(14)13-6-2-1-3-7-13/h1-3,6-7,14-15,21H,4-5,8-12H2,(H2,18,19,20). The van der Waals surface area contributed by atoms with Gasteiger partial charge >= 0.3 is 6.03 Å². The van der Waals surface area contributed by atoms with E-state index in [0.717, 1.165) is 32.1 Å². The molecule has 2 fully saturated rings. The Morgan fingerprint density at radius 1 is 1.19 bits per heavy atom. The number of urea groups is 1. The van der Waals surface area contributed by atoms with E-state index in [4.69, 9.17) is 0 Å². The van der Waals surface area contributed by atoms with Crippen LogP contribution in [0, 0.1) is 5.92 Å².